The van der Waals surface area contributed by atoms with Crippen LogP contribution in [0.2, 0.25) is 0 Å². The molecule has 24 heavy (non-hydrogen) atoms. The maximum absolute atomic E-state index is 12.3. The molecule has 0 unspecified atom stereocenters. The molecule has 1 amide bonds. The Kier molecular flexibility index (Phi) is 5.20. The highest BCUT2D eigenvalue weighted by Crippen LogP contribution is 2.31. The van der Waals surface area contributed by atoms with E-state index >= 15 is 0 Å². The number of carbonyl (C=O) groups is 1. The zero-order chi connectivity index (χ0) is 17.7. The molecule has 0 saturated carbocycles. The Labute approximate surface area is 138 Å². The molecular weight excluding hydrogens is 316 g/mol. The number of ether oxygens (including phenoxy) is 3. The van der Waals surface area contributed by atoms with E-state index in [1.54, 1.807) is 18.2 Å². The maximum Gasteiger partial charge on any atom is 0.311 e. The summed E-state index contributed by atoms with van der Waals surface area (Å²) >= 11 is 0. The molecule has 0 heterocycles. The smallest absolute Gasteiger partial charge is 0.311 e. The Morgan fingerprint density at radius 1 is 1.00 bits per heavy atom. The first-order chi connectivity index (χ1) is 11.5. The Morgan fingerprint density at radius 2 is 1.71 bits per heavy atom. The first-order valence-corrected chi connectivity index (χ1v) is 6.86. The van der Waals surface area contributed by atoms with Crippen LogP contribution in [0.5, 0.6) is 17.2 Å². The van der Waals surface area contributed by atoms with Gasteiger partial charge in [0.05, 0.1) is 31.9 Å². The number of hydrogen-bond donors (Lipinski definition) is 1. The summed E-state index contributed by atoms with van der Waals surface area (Å²) < 4.78 is 15.2. The van der Waals surface area contributed by atoms with Gasteiger partial charge in [0.1, 0.15) is 11.5 Å². The third kappa shape index (κ3) is 3.54. The lowest BCUT2D eigenvalue weighted by Crippen LogP contribution is -2.13. The van der Waals surface area contributed by atoms with Gasteiger partial charge in [-0.05, 0) is 24.3 Å². The molecule has 2 aromatic carbocycles. The van der Waals surface area contributed by atoms with Crippen LogP contribution in [0.3, 0.4) is 0 Å². The molecule has 0 saturated heterocycles. The Hall–Kier alpha value is -3.29. The second kappa shape index (κ2) is 7.32. The predicted molar refractivity (Wildman–Crippen MR) is 87.1 cm³/mol. The van der Waals surface area contributed by atoms with Crippen molar-refractivity contribution >= 4 is 17.3 Å². The molecule has 8 heteroatoms. The fourth-order valence-electron chi connectivity index (χ4n) is 2.07. The summed E-state index contributed by atoms with van der Waals surface area (Å²) in [7, 11) is 4.30. The van der Waals surface area contributed by atoms with Crippen LogP contribution in [0.1, 0.15) is 10.4 Å². The minimum absolute atomic E-state index is 0.0820. The highest BCUT2D eigenvalue weighted by Gasteiger charge is 2.19. The number of carbonyl (C=O) groups excluding carboxylic acids is 1. The number of hydrogen-bond acceptors (Lipinski definition) is 6. The number of nitrogens with one attached hydrogen (secondary N) is 1. The third-order valence-corrected chi connectivity index (χ3v) is 3.29. The van der Waals surface area contributed by atoms with Crippen molar-refractivity contribution < 1.29 is 23.9 Å². The van der Waals surface area contributed by atoms with Crippen molar-refractivity contribution in [1.82, 2.24) is 0 Å². The van der Waals surface area contributed by atoms with Crippen molar-refractivity contribution in [2.75, 3.05) is 26.6 Å². The Morgan fingerprint density at radius 3 is 2.29 bits per heavy atom. The van der Waals surface area contributed by atoms with Crippen molar-refractivity contribution in [3.05, 3.63) is 52.1 Å². The molecule has 0 bridgehead atoms. The van der Waals surface area contributed by atoms with Crippen LogP contribution < -0.4 is 19.5 Å². The normalized spacial score (nSPS) is 9.96. The molecule has 0 spiro atoms. The molecule has 0 fully saturated rings. The average Bonchev–Trinajstić information content (AvgIpc) is 2.61. The largest absolute Gasteiger partial charge is 0.497 e. The number of benzene rings is 2. The van der Waals surface area contributed by atoms with Crippen LogP contribution in [0.25, 0.3) is 0 Å². The van der Waals surface area contributed by atoms with Crippen LogP contribution >= 0.6 is 0 Å². The second-order valence-corrected chi connectivity index (χ2v) is 4.66. The molecule has 1 N–H and O–H groups in total. The van der Waals surface area contributed by atoms with Gasteiger partial charge in [0, 0.05) is 17.7 Å². The average molecular weight is 332 g/mol. The van der Waals surface area contributed by atoms with Crippen molar-refractivity contribution in [3.8, 4) is 17.2 Å². The molecule has 0 atom stereocenters. The Balaban J connectivity index is 2.30. The summed E-state index contributed by atoms with van der Waals surface area (Å²) in [4.78, 5) is 22.8. The molecule has 2 rings (SSSR count). The molecule has 8 nitrogen and oxygen atoms in total. The van der Waals surface area contributed by atoms with Gasteiger partial charge < -0.3 is 19.5 Å². The van der Waals surface area contributed by atoms with Gasteiger partial charge in [-0.2, -0.15) is 0 Å². The van der Waals surface area contributed by atoms with Crippen LogP contribution in [-0.2, 0) is 0 Å². The van der Waals surface area contributed by atoms with Gasteiger partial charge in [-0.25, -0.2) is 0 Å². The number of nitro groups is 1. The second-order valence-electron chi connectivity index (χ2n) is 4.66. The van der Waals surface area contributed by atoms with E-state index in [1.165, 1.54) is 33.5 Å². The van der Waals surface area contributed by atoms with E-state index in [1.807, 2.05) is 0 Å². The third-order valence-electron chi connectivity index (χ3n) is 3.29. The zero-order valence-electron chi connectivity index (χ0n) is 13.4. The van der Waals surface area contributed by atoms with Gasteiger partial charge in [-0.1, -0.05) is 0 Å². The van der Waals surface area contributed by atoms with Crippen LogP contribution in [0.15, 0.2) is 36.4 Å². The SMILES string of the molecule is COc1ccc(NC(=O)c2ccc(OC)c([N+](=O)[O-])c2)c(OC)c1. The molecule has 126 valence electrons. The fraction of sp³-hybridized carbons (Fsp3) is 0.188. The Bertz CT molecular complexity index is 775. The van der Waals surface area contributed by atoms with E-state index in [4.69, 9.17) is 14.2 Å². The number of nitrogens with zero attached hydrogens (tertiary/aromatic N) is 1. The van der Waals surface area contributed by atoms with E-state index < -0.39 is 10.8 Å². The highest BCUT2D eigenvalue weighted by molar-refractivity contribution is 6.05. The maximum atomic E-state index is 12.3. The summed E-state index contributed by atoms with van der Waals surface area (Å²) in [6.45, 7) is 0. The van der Waals surface area contributed by atoms with Gasteiger partial charge in [-0.3, -0.25) is 14.9 Å². The number of anilines is 1. The number of rotatable bonds is 6. The molecule has 0 aliphatic carbocycles. The summed E-state index contributed by atoms with van der Waals surface area (Å²) in [5, 5.41) is 13.7. The fourth-order valence-corrected chi connectivity index (χ4v) is 2.07. The highest BCUT2D eigenvalue weighted by atomic mass is 16.6. The standard InChI is InChI=1S/C16H16N2O6/c1-22-11-5-6-12(15(9-11)24-3)17-16(19)10-4-7-14(23-2)13(8-10)18(20)21/h4-9H,1-3H3,(H,17,19). The molecular formula is C16H16N2O6. The van der Waals surface area contributed by atoms with Crippen molar-refractivity contribution in [2.24, 2.45) is 0 Å². The zero-order valence-corrected chi connectivity index (χ0v) is 13.4. The summed E-state index contributed by atoms with van der Waals surface area (Å²) in [6, 6.07) is 8.87. The molecule has 0 aliphatic heterocycles. The first kappa shape index (κ1) is 17.1. The topological polar surface area (TPSA) is 99.9 Å². The van der Waals surface area contributed by atoms with Crippen LogP contribution in [-0.4, -0.2) is 32.2 Å². The van der Waals surface area contributed by atoms with Crippen molar-refractivity contribution in [3.63, 3.8) is 0 Å². The minimum atomic E-state index is -0.608. The van der Waals surface area contributed by atoms with Crippen molar-refractivity contribution in [1.29, 1.82) is 0 Å². The lowest BCUT2D eigenvalue weighted by atomic mass is 10.1. The van der Waals surface area contributed by atoms with Crippen LogP contribution in [0.4, 0.5) is 11.4 Å². The lowest BCUT2D eigenvalue weighted by Gasteiger charge is -2.12. The van der Waals surface area contributed by atoms with Gasteiger partial charge in [0.2, 0.25) is 0 Å². The number of methoxy groups -OCH3 is 3. The van der Waals surface area contributed by atoms with Gasteiger partial charge in [0.15, 0.2) is 5.75 Å². The quantitative estimate of drug-likeness (QED) is 0.645. The predicted octanol–water partition coefficient (Wildman–Crippen LogP) is 2.87. The van der Waals surface area contributed by atoms with Gasteiger partial charge in [-0.15, -0.1) is 0 Å². The van der Waals surface area contributed by atoms with E-state index in [-0.39, 0.29) is 17.0 Å². The monoisotopic (exact) mass is 332 g/mol. The summed E-state index contributed by atoms with van der Waals surface area (Å²) in [5.74, 6) is 0.554. The lowest BCUT2D eigenvalue weighted by molar-refractivity contribution is -0.385. The van der Waals surface area contributed by atoms with Gasteiger partial charge >= 0.3 is 5.69 Å². The van der Waals surface area contributed by atoms with E-state index in [0.29, 0.717) is 17.2 Å². The van der Waals surface area contributed by atoms with E-state index in [9.17, 15) is 14.9 Å². The van der Waals surface area contributed by atoms with E-state index in [0.717, 1.165) is 6.07 Å². The van der Waals surface area contributed by atoms with Gasteiger partial charge in [0.25, 0.3) is 5.91 Å². The number of nitro benzene ring substituents is 1. The summed E-state index contributed by atoms with van der Waals surface area (Å²) in [5.41, 5.74) is 0.258. The molecule has 0 aliphatic rings. The number of amides is 1. The van der Waals surface area contributed by atoms with E-state index in [2.05, 4.69) is 5.32 Å². The molecule has 0 aromatic heterocycles. The first-order valence-electron chi connectivity index (χ1n) is 6.86. The minimum Gasteiger partial charge on any atom is -0.497 e. The summed E-state index contributed by atoms with van der Waals surface area (Å²) in [6.07, 6.45) is 0. The van der Waals surface area contributed by atoms with Crippen molar-refractivity contribution in [2.45, 2.75) is 0 Å². The molecule has 0 radical (unpaired) electrons. The van der Waals surface area contributed by atoms with Crippen LogP contribution in [0, 0.1) is 10.1 Å². The molecule has 2 aromatic rings.